The van der Waals surface area contributed by atoms with E-state index in [1.54, 1.807) is 30.3 Å². The first kappa shape index (κ1) is 15.5. The first-order chi connectivity index (χ1) is 9.94. The van der Waals surface area contributed by atoms with Gasteiger partial charge in [0.2, 0.25) is 0 Å². The van der Waals surface area contributed by atoms with Crippen LogP contribution in [-0.4, -0.2) is 41.1 Å². The molecular formula is C14H15F3N2O2. The van der Waals surface area contributed by atoms with Gasteiger partial charge in [-0.3, -0.25) is 0 Å². The average molecular weight is 300 g/mol. The van der Waals surface area contributed by atoms with E-state index in [4.69, 9.17) is 5.11 Å². The Morgan fingerprint density at radius 3 is 2.48 bits per heavy atom. The lowest BCUT2D eigenvalue weighted by atomic mass is 10.1. The van der Waals surface area contributed by atoms with Crippen LogP contribution in [-0.2, 0) is 6.61 Å². The van der Waals surface area contributed by atoms with Crippen LogP contribution in [0.2, 0.25) is 0 Å². The number of rotatable bonds is 5. The fourth-order valence-corrected chi connectivity index (χ4v) is 2.14. The molecule has 0 spiro atoms. The van der Waals surface area contributed by atoms with Gasteiger partial charge >= 0.3 is 6.18 Å². The Labute approximate surface area is 119 Å². The third kappa shape index (κ3) is 3.83. The molecule has 7 heteroatoms. The number of anilines is 1. The summed E-state index contributed by atoms with van der Waals surface area (Å²) in [6.07, 6.45) is -4.42. The Bertz CT molecular complexity index is 617. The highest BCUT2D eigenvalue weighted by Crippen LogP contribution is 2.26. The van der Waals surface area contributed by atoms with Gasteiger partial charge in [0.05, 0.1) is 18.7 Å². The van der Waals surface area contributed by atoms with E-state index >= 15 is 0 Å². The number of aromatic nitrogens is 1. The molecule has 0 radical (unpaired) electrons. The normalized spacial score (nSPS) is 11.9. The maximum atomic E-state index is 12.7. The predicted molar refractivity (Wildman–Crippen MR) is 73.0 cm³/mol. The fourth-order valence-electron chi connectivity index (χ4n) is 2.14. The van der Waals surface area contributed by atoms with Crippen LogP contribution in [0.5, 0.6) is 0 Å². The van der Waals surface area contributed by atoms with E-state index in [1.807, 2.05) is 0 Å². The molecule has 0 unspecified atom stereocenters. The minimum Gasteiger partial charge on any atom is -0.395 e. The van der Waals surface area contributed by atoms with Crippen molar-refractivity contribution < 1.29 is 23.4 Å². The second kappa shape index (κ2) is 6.28. The Kier molecular flexibility index (Phi) is 4.64. The summed E-state index contributed by atoms with van der Waals surface area (Å²) in [6.45, 7) is -2.30. The van der Waals surface area contributed by atoms with Gasteiger partial charge in [0, 0.05) is 17.5 Å². The molecule has 1 heterocycles. The molecule has 0 amide bonds. The van der Waals surface area contributed by atoms with Crippen LogP contribution >= 0.6 is 0 Å². The minimum absolute atomic E-state index is 0.0441. The summed E-state index contributed by atoms with van der Waals surface area (Å²) in [5.41, 5.74) is 0.834. The van der Waals surface area contributed by atoms with Crippen LogP contribution < -0.4 is 4.90 Å². The zero-order valence-electron chi connectivity index (χ0n) is 11.1. The van der Waals surface area contributed by atoms with Crippen LogP contribution in [0.25, 0.3) is 10.9 Å². The maximum absolute atomic E-state index is 12.7. The van der Waals surface area contributed by atoms with Gasteiger partial charge < -0.3 is 15.1 Å². The maximum Gasteiger partial charge on any atom is 0.405 e. The van der Waals surface area contributed by atoms with Crippen molar-refractivity contribution in [3.05, 3.63) is 35.9 Å². The largest absolute Gasteiger partial charge is 0.405 e. The predicted octanol–water partition coefficient (Wildman–Crippen LogP) is 2.09. The van der Waals surface area contributed by atoms with E-state index < -0.39 is 25.9 Å². The molecule has 0 aliphatic heterocycles. The highest BCUT2D eigenvalue weighted by atomic mass is 19.4. The van der Waals surface area contributed by atoms with Gasteiger partial charge in [-0.25, -0.2) is 4.98 Å². The second-order valence-electron chi connectivity index (χ2n) is 4.58. The van der Waals surface area contributed by atoms with Crippen molar-refractivity contribution in [1.29, 1.82) is 0 Å². The Hall–Kier alpha value is -1.86. The molecule has 0 aliphatic rings. The van der Waals surface area contributed by atoms with E-state index in [9.17, 15) is 18.3 Å². The monoisotopic (exact) mass is 300 g/mol. The second-order valence-corrected chi connectivity index (χ2v) is 4.58. The SMILES string of the molecule is OCCN(CC(F)(F)F)c1nc2ccccc2cc1CO. The molecule has 0 saturated carbocycles. The molecule has 2 N–H and O–H groups in total. The van der Waals surface area contributed by atoms with E-state index in [1.165, 1.54) is 0 Å². The van der Waals surface area contributed by atoms with Gasteiger partial charge in [-0.05, 0) is 12.1 Å². The summed E-state index contributed by atoms with van der Waals surface area (Å²) in [4.78, 5) is 5.13. The number of hydrogen-bond acceptors (Lipinski definition) is 4. The number of pyridine rings is 1. The van der Waals surface area contributed by atoms with Gasteiger partial charge in [0.15, 0.2) is 0 Å². The van der Waals surface area contributed by atoms with E-state index in [2.05, 4.69) is 4.98 Å². The molecule has 1 aromatic heterocycles. The lowest BCUT2D eigenvalue weighted by molar-refractivity contribution is -0.120. The number of aliphatic hydroxyl groups excluding tert-OH is 2. The van der Waals surface area contributed by atoms with E-state index in [0.717, 1.165) is 10.3 Å². The molecule has 114 valence electrons. The molecule has 0 aliphatic carbocycles. The first-order valence-corrected chi connectivity index (χ1v) is 6.36. The molecule has 4 nitrogen and oxygen atoms in total. The highest BCUT2D eigenvalue weighted by Gasteiger charge is 2.32. The highest BCUT2D eigenvalue weighted by molar-refractivity contribution is 5.81. The summed E-state index contributed by atoms with van der Waals surface area (Å²) in [7, 11) is 0. The van der Waals surface area contributed by atoms with Crippen LogP contribution in [0, 0.1) is 0 Å². The third-order valence-electron chi connectivity index (χ3n) is 2.99. The Morgan fingerprint density at radius 1 is 1.14 bits per heavy atom. The van der Waals surface area contributed by atoms with Crippen LogP contribution in [0.15, 0.2) is 30.3 Å². The number of alkyl halides is 3. The number of hydrogen-bond donors (Lipinski definition) is 2. The first-order valence-electron chi connectivity index (χ1n) is 6.36. The van der Waals surface area contributed by atoms with Crippen molar-refractivity contribution in [1.82, 2.24) is 4.98 Å². The number of nitrogens with zero attached hydrogens (tertiary/aromatic N) is 2. The number of fused-ring (bicyclic) bond motifs is 1. The van der Waals surface area contributed by atoms with Gasteiger partial charge in [-0.2, -0.15) is 13.2 Å². The number of aliphatic hydroxyl groups is 2. The molecule has 2 rings (SSSR count). The summed E-state index contributed by atoms with van der Waals surface area (Å²) in [5, 5.41) is 19.1. The summed E-state index contributed by atoms with van der Waals surface area (Å²) < 4.78 is 38.0. The summed E-state index contributed by atoms with van der Waals surface area (Å²) in [5.74, 6) is 0.0441. The molecule has 1 aromatic carbocycles. The lowest BCUT2D eigenvalue weighted by Gasteiger charge is -2.26. The molecule has 0 saturated heterocycles. The van der Waals surface area contributed by atoms with Crippen molar-refractivity contribution in [2.75, 3.05) is 24.6 Å². The van der Waals surface area contributed by atoms with Crippen LogP contribution in [0.4, 0.5) is 19.0 Å². The van der Waals surface area contributed by atoms with Crippen LogP contribution in [0.3, 0.4) is 0 Å². The fraction of sp³-hybridized carbons (Fsp3) is 0.357. The van der Waals surface area contributed by atoms with E-state index in [0.29, 0.717) is 11.1 Å². The van der Waals surface area contributed by atoms with Crippen molar-refractivity contribution >= 4 is 16.7 Å². The van der Waals surface area contributed by atoms with Crippen LogP contribution in [0.1, 0.15) is 5.56 Å². The topological polar surface area (TPSA) is 56.6 Å². The van der Waals surface area contributed by atoms with Crippen molar-refractivity contribution in [3.63, 3.8) is 0 Å². The van der Waals surface area contributed by atoms with Gasteiger partial charge in [-0.1, -0.05) is 18.2 Å². The van der Waals surface area contributed by atoms with Gasteiger partial charge in [-0.15, -0.1) is 0 Å². The number of benzene rings is 1. The van der Waals surface area contributed by atoms with Crippen molar-refractivity contribution in [2.24, 2.45) is 0 Å². The Balaban J connectivity index is 2.49. The molecule has 0 fully saturated rings. The molecule has 0 atom stereocenters. The molecule has 0 bridgehead atoms. The smallest absolute Gasteiger partial charge is 0.395 e. The molecule has 21 heavy (non-hydrogen) atoms. The van der Waals surface area contributed by atoms with E-state index in [-0.39, 0.29) is 12.4 Å². The minimum atomic E-state index is -4.42. The van der Waals surface area contributed by atoms with Crippen molar-refractivity contribution in [2.45, 2.75) is 12.8 Å². The zero-order valence-corrected chi connectivity index (χ0v) is 11.1. The zero-order chi connectivity index (χ0) is 15.5. The van der Waals surface area contributed by atoms with Gasteiger partial charge in [0.1, 0.15) is 12.4 Å². The third-order valence-corrected chi connectivity index (χ3v) is 2.99. The summed E-state index contributed by atoms with van der Waals surface area (Å²) >= 11 is 0. The molecule has 2 aromatic rings. The quantitative estimate of drug-likeness (QED) is 0.888. The molecular weight excluding hydrogens is 285 g/mol. The number of halogens is 3. The van der Waals surface area contributed by atoms with Crippen molar-refractivity contribution in [3.8, 4) is 0 Å². The standard InChI is InChI=1S/C14H15F3N2O2/c15-14(16,17)9-19(5-6-20)13-11(8-21)7-10-3-1-2-4-12(10)18-13/h1-4,7,20-21H,5-6,8-9H2. The van der Waals surface area contributed by atoms with Gasteiger partial charge in [0.25, 0.3) is 0 Å². The lowest BCUT2D eigenvalue weighted by Crippen LogP contribution is -2.37. The number of para-hydroxylation sites is 1. The average Bonchev–Trinajstić information content (AvgIpc) is 2.44. The Morgan fingerprint density at radius 2 is 1.86 bits per heavy atom. The summed E-state index contributed by atoms with van der Waals surface area (Å²) in [6, 6.07) is 8.58.